The zero-order valence-corrected chi connectivity index (χ0v) is 18.2. The lowest BCUT2D eigenvalue weighted by atomic mass is 10.0. The number of methoxy groups -OCH3 is 2. The van der Waals surface area contributed by atoms with Crippen LogP contribution in [0.4, 0.5) is 0 Å². The van der Waals surface area contributed by atoms with Crippen molar-refractivity contribution in [3.63, 3.8) is 0 Å². The van der Waals surface area contributed by atoms with Gasteiger partial charge in [-0.2, -0.15) is 4.52 Å². The van der Waals surface area contributed by atoms with Crippen molar-refractivity contribution in [1.82, 2.24) is 14.6 Å². The smallest absolute Gasteiger partial charge is 0.235 e. The molecule has 3 aromatic rings. The van der Waals surface area contributed by atoms with Crippen LogP contribution in [0, 0.1) is 6.92 Å². The molecule has 0 spiro atoms. The first-order chi connectivity index (χ1) is 14.0. The molecule has 4 rings (SSSR count). The standard InChI is InChI=1S/C20H27N5O3S/c1-5-23-8-10-24(11-9-23)17(15-12-14(27-3)6-7-16(15)28-4)18-19(26)25-20(29-18)21-13(2)22-25/h6-7,12,17,26H,5,8-11H2,1-4H3/p+2/t17-/m0/s1. The number of rotatable bonds is 6. The lowest BCUT2D eigenvalue weighted by Gasteiger charge is -2.34. The van der Waals surface area contributed by atoms with E-state index in [-0.39, 0.29) is 11.9 Å². The van der Waals surface area contributed by atoms with E-state index in [0.717, 1.165) is 54.7 Å². The maximum absolute atomic E-state index is 11.0. The van der Waals surface area contributed by atoms with Gasteiger partial charge in [-0.05, 0) is 32.0 Å². The lowest BCUT2D eigenvalue weighted by Crippen LogP contribution is -3.28. The van der Waals surface area contributed by atoms with Crippen molar-refractivity contribution in [2.45, 2.75) is 19.9 Å². The minimum absolute atomic E-state index is 0.0766. The fourth-order valence-corrected chi connectivity index (χ4v) is 5.39. The summed E-state index contributed by atoms with van der Waals surface area (Å²) in [6, 6.07) is 5.79. The highest BCUT2D eigenvalue weighted by atomic mass is 32.1. The molecule has 1 aromatic carbocycles. The van der Waals surface area contributed by atoms with Crippen LogP contribution in [0.2, 0.25) is 0 Å². The number of quaternary nitrogens is 2. The van der Waals surface area contributed by atoms with Crippen LogP contribution in [-0.2, 0) is 0 Å². The van der Waals surface area contributed by atoms with Gasteiger partial charge >= 0.3 is 0 Å². The van der Waals surface area contributed by atoms with E-state index in [1.807, 2.05) is 25.1 Å². The van der Waals surface area contributed by atoms with Gasteiger partial charge in [-0.3, -0.25) is 0 Å². The fourth-order valence-electron chi connectivity index (χ4n) is 4.21. The average molecular weight is 420 g/mol. The van der Waals surface area contributed by atoms with E-state index in [2.05, 4.69) is 17.0 Å². The van der Waals surface area contributed by atoms with Gasteiger partial charge in [0.15, 0.2) is 6.04 Å². The molecule has 3 heterocycles. The number of nitrogens with zero attached hydrogens (tertiary/aromatic N) is 3. The number of likely N-dealkylation sites (N-methyl/N-ethyl adjacent to an activating group) is 1. The van der Waals surface area contributed by atoms with Gasteiger partial charge in [-0.15, -0.1) is 5.10 Å². The lowest BCUT2D eigenvalue weighted by molar-refractivity contribution is -1.02. The largest absolute Gasteiger partial charge is 0.497 e. The van der Waals surface area contributed by atoms with Gasteiger partial charge in [-0.1, -0.05) is 11.3 Å². The molecule has 1 atom stereocenters. The monoisotopic (exact) mass is 419 g/mol. The first kappa shape index (κ1) is 19.9. The Bertz CT molecular complexity index is 994. The minimum atomic E-state index is -0.0766. The van der Waals surface area contributed by atoms with Crippen molar-refractivity contribution in [3.05, 3.63) is 34.5 Å². The number of hydrogen-bond acceptors (Lipinski definition) is 6. The number of thiazole rings is 1. The SMILES string of the molecule is CC[NH+]1CC[NH+]([C@@H](c2cc(OC)ccc2OC)c2sc3nc(C)nn3c2O)CC1. The Hall–Kier alpha value is -2.36. The van der Waals surface area contributed by atoms with Gasteiger partial charge in [0.05, 0.1) is 26.3 Å². The van der Waals surface area contributed by atoms with Gasteiger partial charge in [0, 0.05) is 0 Å². The molecular weight excluding hydrogens is 390 g/mol. The molecule has 9 heteroatoms. The van der Waals surface area contributed by atoms with Crippen LogP contribution in [0.25, 0.3) is 4.96 Å². The predicted molar refractivity (Wildman–Crippen MR) is 111 cm³/mol. The maximum atomic E-state index is 11.0. The predicted octanol–water partition coefficient (Wildman–Crippen LogP) is -0.285. The summed E-state index contributed by atoms with van der Waals surface area (Å²) in [5, 5.41) is 15.4. The van der Waals surface area contributed by atoms with Crippen LogP contribution in [0.3, 0.4) is 0 Å². The summed E-state index contributed by atoms with van der Waals surface area (Å²) in [7, 11) is 3.35. The van der Waals surface area contributed by atoms with E-state index >= 15 is 0 Å². The van der Waals surface area contributed by atoms with Crippen molar-refractivity contribution in [1.29, 1.82) is 0 Å². The van der Waals surface area contributed by atoms with Crippen LogP contribution < -0.4 is 19.3 Å². The molecule has 1 fully saturated rings. The minimum Gasteiger partial charge on any atom is -0.497 e. The molecule has 1 aliphatic heterocycles. The molecule has 29 heavy (non-hydrogen) atoms. The second-order valence-electron chi connectivity index (χ2n) is 7.45. The Labute approximate surface area is 174 Å². The second-order valence-corrected chi connectivity index (χ2v) is 8.46. The van der Waals surface area contributed by atoms with Crippen molar-refractivity contribution in [2.75, 3.05) is 46.9 Å². The number of ether oxygens (including phenoxy) is 2. The average Bonchev–Trinajstić information content (AvgIpc) is 3.25. The summed E-state index contributed by atoms with van der Waals surface area (Å²) in [5.74, 6) is 2.39. The number of piperazine rings is 1. The van der Waals surface area contributed by atoms with E-state index in [0.29, 0.717) is 10.8 Å². The van der Waals surface area contributed by atoms with Crippen molar-refractivity contribution < 1.29 is 24.4 Å². The summed E-state index contributed by atoms with van der Waals surface area (Å²) in [6.45, 7) is 9.45. The Morgan fingerprint density at radius 2 is 1.97 bits per heavy atom. The first-order valence-electron chi connectivity index (χ1n) is 10.0. The van der Waals surface area contributed by atoms with Gasteiger partial charge in [0.2, 0.25) is 10.8 Å². The third-order valence-corrected chi connectivity index (χ3v) is 6.91. The zero-order valence-electron chi connectivity index (χ0n) is 17.4. The molecule has 2 aromatic heterocycles. The van der Waals surface area contributed by atoms with Crippen LogP contribution in [0.1, 0.15) is 29.2 Å². The van der Waals surface area contributed by atoms with E-state index in [1.54, 1.807) is 23.6 Å². The Morgan fingerprint density at radius 3 is 2.59 bits per heavy atom. The van der Waals surface area contributed by atoms with Gasteiger partial charge in [0.25, 0.3) is 0 Å². The number of aromatic hydroxyl groups is 1. The van der Waals surface area contributed by atoms with E-state index in [1.165, 1.54) is 16.2 Å². The molecule has 1 saturated heterocycles. The molecule has 0 saturated carbocycles. The summed E-state index contributed by atoms with van der Waals surface area (Å²) < 4.78 is 12.7. The molecule has 0 bridgehead atoms. The summed E-state index contributed by atoms with van der Waals surface area (Å²) in [4.78, 5) is 9.05. The molecular formula is C20H29N5O3S+2. The normalized spacial score (nSPS) is 20.7. The van der Waals surface area contributed by atoms with Gasteiger partial charge in [0.1, 0.15) is 48.4 Å². The summed E-state index contributed by atoms with van der Waals surface area (Å²) in [5.41, 5.74) is 1.01. The number of aryl methyl sites for hydroxylation is 1. The highest BCUT2D eigenvalue weighted by Gasteiger charge is 2.37. The molecule has 0 aliphatic carbocycles. The van der Waals surface area contributed by atoms with Crippen molar-refractivity contribution in [2.24, 2.45) is 0 Å². The fraction of sp³-hybridized carbons (Fsp3) is 0.500. The maximum Gasteiger partial charge on any atom is 0.235 e. The Kier molecular flexibility index (Phi) is 5.62. The highest BCUT2D eigenvalue weighted by molar-refractivity contribution is 7.17. The summed E-state index contributed by atoms with van der Waals surface area (Å²) >= 11 is 1.50. The molecule has 0 amide bonds. The Balaban J connectivity index is 1.83. The molecule has 156 valence electrons. The zero-order chi connectivity index (χ0) is 20.5. The first-order valence-corrected chi connectivity index (χ1v) is 10.8. The molecule has 3 N–H and O–H groups in total. The van der Waals surface area contributed by atoms with Crippen LogP contribution >= 0.6 is 11.3 Å². The number of hydrogen-bond donors (Lipinski definition) is 3. The number of fused-ring (bicyclic) bond motifs is 1. The van der Waals surface area contributed by atoms with Crippen molar-refractivity contribution >= 4 is 16.3 Å². The third-order valence-electron chi connectivity index (χ3n) is 5.82. The van der Waals surface area contributed by atoms with E-state index in [4.69, 9.17) is 9.47 Å². The van der Waals surface area contributed by atoms with Gasteiger partial charge in [-0.25, -0.2) is 4.98 Å². The molecule has 1 aliphatic rings. The topological polar surface area (TPSA) is 77.8 Å². The quantitative estimate of drug-likeness (QED) is 0.512. The van der Waals surface area contributed by atoms with Crippen molar-refractivity contribution in [3.8, 4) is 17.4 Å². The van der Waals surface area contributed by atoms with Crippen LogP contribution in [-0.4, -0.2) is 66.6 Å². The number of nitrogens with one attached hydrogen (secondary N) is 2. The van der Waals surface area contributed by atoms with E-state index < -0.39 is 0 Å². The second kappa shape index (κ2) is 8.17. The summed E-state index contributed by atoms with van der Waals surface area (Å²) in [6.07, 6.45) is 0. The molecule has 0 radical (unpaired) electrons. The third kappa shape index (κ3) is 3.65. The van der Waals surface area contributed by atoms with Gasteiger partial charge < -0.3 is 24.4 Å². The number of aromatic nitrogens is 3. The molecule has 8 nitrogen and oxygen atoms in total. The highest BCUT2D eigenvalue weighted by Crippen LogP contribution is 2.39. The Morgan fingerprint density at radius 1 is 1.21 bits per heavy atom. The van der Waals surface area contributed by atoms with Crippen LogP contribution in [0.5, 0.6) is 17.4 Å². The van der Waals surface area contributed by atoms with Crippen LogP contribution in [0.15, 0.2) is 18.2 Å². The number of benzene rings is 1. The molecule has 0 unspecified atom stereocenters. The van der Waals surface area contributed by atoms with E-state index in [9.17, 15) is 5.11 Å².